The van der Waals surface area contributed by atoms with Crippen molar-refractivity contribution in [3.8, 4) is 0 Å². The Morgan fingerprint density at radius 3 is 2.94 bits per heavy atom. The van der Waals surface area contributed by atoms with Crippen molar-refractivity contribution in [3.63, 3.8) is 0 Å². The van der Waals surface area contributed by atoms with Crippen molar-refractivity contribution >= 4 is 11.9 Å². The predicted octanol–water partition coefficient (Wildman–Crippen LogP) is 3.12. The quantitative estimate of drug-likeness (QED) is 0.643. The van der Waals surface area contributed by atoms with Gasteiger partial charge < -0.3 is 0 Å². The molecule has 0 amide bonds. The number of carbonyl (C=O) groups is 1. The lowest BCUT2D eigenvalue weighted by Gasteiger charge is -2.39. The van der Waals surface area contributed by atoms with Crippen molar-refractivity contribution in [2.24, 2.45) is 5.92 Å². The first-order valence-electron chi connectivity index (χ1n) is 5.70. The second-order valence-electron chi connectivity index (χ2n) is 4.84. The van der Waals surface area contributed by atoms with Gasteiger partial charge >= 0.3 is 0 Å². The Morgan fingerprint density at radius 1 is 1.25 bits per heavy atom. The minimum Gasteiger partial charge on any atom is -0.295 e. The zero-order valence-electron chi connectivity index (χ0n) is 9.31. The van der Waals surface area contributed by atoms with Gasteiger partial charge in [0.15, 0.2) is 5.78 Å². The maximum atomic E-state index is 11.5. The van der Waals surface area contributed by atoms with Crippen LogP contribution in [0.1, 0.15) is 24.5 Å². The van der Waals surface area contributed by atoms with Crippen LogP contribution in [-0.4, -0.2) is 5.78 Å². The third-order valence-electron chi connectivity index (χ3n) is 3.86. The van der Waals surface area contributed by atoms with Gasteiger partial charge in [-0.1, -0.05) is 49.4 Å². The van der Waals surface area contributed by atoms with Gasteiger partial charge in [-0.15, -0.1) is 0 Å². The van der Waals surface area contributed by atoms with Crippen LogP contribution in [0.4, 0.5) is 0 Å². The number of hydrogen-bond acceptors (Lipinski definition) is 1. The summed E-state index contributed by atoms with van der Waals surface area (Å²) in [6.07, 6.45) is 8.79. The average molecular weight is 210 g/mol. The van der Waals surface area contributed by atoms with Crippen molar-refractivity contribution < 1.29 is 4.79 Å². The van der Waals surface area contributed by atoms with E-state index in [1.165, 1.54) is 11.1 Å². The van der Waals surface area contributed by atoms with Crippen LogP contribution < -0.4 is 0 Å². The maximum absolute atomic E-state index is 11.5. The summed E-state index contributed by atoms with van der Waals surface area (Å²) in [5.74, 6) is 0.561. The number of carbonyl (C=O) groups excluding carboxylic acids is 1. The Morgan fingerprint density at radius 2 is 2.06 bits per heavy atom. The third-order valence-corrected chi connectivity index (χ3v) is 3.86. The molecular formula is C15H14O. The van der Waals surface area contributed by atoms with Crippen LogP contribution >= 0.6 is 0 Å². The highest BCUT2D eigenvalue weighted by atomic mass is 16.1. The summed E-state index contributed by atoms with van der Waals surface area (Å²) in [6.45, 7) is 2.23. The lowest BCUT2D eigenvalue weighted by atomic mass is 9.63. The van der Waals surface area contributed by atoms with E-state index in [-0.39, 0.29) is 11.2 Å². The van der Waals surface area contributed by atoms with Gasteiger partial charge in [0.05, 0.1) is 0 Å². The van der Waals surface area contributed by atoms with Crippen molar-refractivity contribution in [1.29, 1.82) is 0 Å². The van der Waals surface area contributed by atoms with Crippen LogP contribution in [-0.2, 0) is 10.2 Å². The molecule has 0 radical (unpaired) electrons. The van der Waals surface area contributed by atoms with Crippen molar-refractivity contribution in [3.05, 3.63) is 53.6 Å². The molecule has 0 heterocycles. The molecule has 2 unspecified atom stereocenters. The first-order valence-corrected chi connectivity index (χ1v) is 5.70. The van der Waals surface area contributed by atoms with E-state index in [9.17, 15) is 4.79 Å². The molecule has 80 valence electrons. The van der Waals surface area contributed by atoms with Gasteiger partial charge in [-0.05, 0) is 23.1 Å². The van der Waals surface area contributed by atoms with Crippen LogP contribution in [0.3, 0.4) is 0 Å². The summed E-state index contributed by atoms with van der Waals surface area (Å²) in [5.41, 5.74) is 2.62. The first kappa shape index (κ1) is 9.59. The van der Waals surface area contributed by atoms with E-state index in [0.29, 0.717) is 12.3 Å². The average Bonchev–Trinajstić information content (AvgIpc) is 2.31. The lowest BCUT2D eigenvalue weighted by molar-refractivity contribution is -0.116. The Bertz CT molecular complexity index is 510. The number of allylic oxidation sites excluding steroid dienone is 3. The standard InChI is InChI=1S/C15H14O/c1-15-9-8-13(16)10-12(15)7-6-11-4-2-3-5-14(11)15/h2-9,12H,10H2,1H3. The molecule has 3 rings (SSSR count). The van der Waals surface area contributed by atoms with Gasteiger partial charge in [-0.2, -0.15) is 0 Å². The topological polar surface area (TPSA) is 17.1 Å². The van der Waals surface area contributed by atoms with E-state index >= 15 is 0 Å². The van der Waals surface area contributed by atoms with Gasteiger partial charge in [-0.25, -0.2) is 0 Å². The second kappa shape index (κ2) is 3.18. The number of hydrogen-bond donors (Lipinski definition) is 0. The zero-order valence-corrected chi connectivity index (χ0v) is 9.31. The smallest absolute Gasteiger partial charge is 0.156 e. The third kappa shape index (κ3) is 1.21. The van der Waals surface area contributed by atoms with Crippen LogP contribution in [0.25, 0.3) is 6.08 Å². The Balaban J connectivity index is 2.21. The highest BCUT2D eigenvalue weighted by molar-refractivity contribution is 5.92. The predicted molar refractivity (Wildman–Crippen MR) is 65.1 cm³/mol. The SMILES string of the molecule is CC12C=CC(=O)CC1C=Cc1ccccc12. The van der Waals surface area contributed by atoms with Crippen molar-refractivity contribution in [1.82, 2.24) is 0 Å². The van der Waals surface area contributed by atoms with E-state index in [2.05, 4.69) is 49.4 Å². The highest BCUT2D eigenvalue weighted by Crippen LogP contribution is 2.44. The largest absolute Gasteiger partial charge is 0.295 e. The molecular weight excluding hydrogens is 196 g/mol. The Kier molecular flexibility index (Phi) is 1.90. The van der Waals surface area contributed by atoms with Crippen molar-refractivity contribution in [2.75, 3.05) is 0 Å². The Labute approximate surface area is 95.5 Å². The van der Waals surface area contributed by atoms with E-state index in [1.807, 2.05) is 0 Å². The fourth-order valence-electron chi connectivity index (χ4n) is 2.80. The monoisotopic (exact) mass is 210 g/mol. The van der Waals surface area contributed by atoms with Gasteiger partial charge in [-0.3, -0.25) is 4.79 Å². The summed E-state index contributed by atoms with van der Waals surface area (Å²) in [4.78, 5) is 11.5. The van der Waals surface area contributed by atoms with Crippen LogP contribution in [0.15, 0.2) is 42.5 Å². The van der Waals surface area contributed by atoms with E-state index in [4.69, 9.17) is 0 Å². The summed E-state index contributed by atoms with van der Waals surface area (Å²) < 4.78 is 0. The molecule has 16 heavy (non-hydrogen) atoms. The fraction of sp³-hybridized carbons (Fsp3) is 0.267. The van der Waals surface area contributed by atoms with Gasteiger partial charge in [0.2, 0.25) is 0 Å². The molecule has 0 spiro atoms. The van der Waals surface area contributed by atoms with Gasteiger partial charge in [0, 0.05) is 11.8 Å². The molecule has 1 aromatic rings. The van der Waals surface area contributed by atoms with Gasteiger partial charge in [0.25, 0.3) is 0 Å². The lowest BCUT2D eigenvalue weighted by Crippen LogP contribution is -2.35. The van der Waals surface area contributed by atoms with Crippen LogP contribution in [0.5, 0.6) is 0 Å². The van der Waals surface area contributed by atoms with Crippen LogP contribution in [0.2, 0.25) is 0 Å². The summed E-state index contributed by atoms with van der Waals surface area (Å²) in [5, 5.41) is 0. The minimum atomic E-state index is -0.000741. The highest BCUT2D eigenvalue weighted by Gasteiger charge is 2.38. The molecule has 0 aromatic heterocycles. The number of fused-ring (bicyclic) bond motifs is 3. The summed E-state index contributed by atoms with van der Waals surface area (Å²) >= 11 is 0. The fourth-order valence-corrected chi connectivity index (χ4v) is 2.80. The first-order chi connectivity index (χ1) is 7.70. The molecule has 0 saturated heterocycles. The molecule has 0 N–H and O–H groups in total. The summed E-state index contributed by atoms with van der Waals surface area (Å²) in [6, 6.07) is 8.44. The number of benzene rings is 1. The van der Waals surface area contributed by atoms with E-state index in [1.54, 1.807) is 6.08 Å². The molecule has 2 aliphatic rings. The molecule has 1 heteroatoms. The molecule has 0 bridgehead atoms. The minimum absolute atomic E-state index is 0.000741. The molecule has 0 fully saturated rings. The van der Waals surface area contributed by atoms with Crippen LogP contribution in [0, 0.1) is 5.92 Å². The number of ketones is 1. The second-order valence-corrected chi connectivity index (χ2v) is 4.84. The normalized spacial score (nSPS) is 31.1. The van der Waals surface area contributed by atoms with Crippen molar-refractivity contribution in [2.45, 2.75) is 18.8 Å². The maximum Gasteiger partial charge on any atom is 0.156 e. The molecule has 0 saturated carbocycles. The zero-order chi connectivity index (χ0) is 11.2. The molecule has 1 nitrogen and oxygen atoms in total. The molecule has 2 aliphatic carbocycles. The molecule has 1 aromatic carbocycles. The Hall–Kier alpha value is -1.63. The summed E-state index contributed by atoms with van der Waals surface area (Å²) in [7, 11) is 0. The molecule has 2 atom stereocenters. The van der Waals surface area contributed by atoms with E-state index in [0.717, 1.165) is 0 Å². The number of rotatable bonds is 0. The van der Waals surface area contributed by atoms with E-state index < -0.39 is 0 Å². The molecule has 0 aliphatic heterocycles. The van der Waals surface area contributed by atoms with Gasteiger partial charge in [0.1, 0.15) is 0 Å².